The molecule has 1 aromatic carbocycles. The quantitative estimate of drug-likeness (QED) is 0.611. The molecule has 17 heavy (non-hydrogen) atoms. The molecule has 0 bridgehead atoms. The van der Waals surface area contributed by atoms with E-state index in [9.17, 15) is 9.36 Å². The molecule has 1 aliphatic heterocycles. The average Bonchev–Trinajstić information content (AvgIpc) is 2.56. The van der Waals surface area contributed by atoms with Crippen LogP contribution in [0.25, 0.3) is 0 Å². The maximum Gasteiger partial charge on any atom is 0.228 e. The van der Waals surface area contributed by atoms with Crippen LogP contribution in [0, 0.1) is 0 Å². The summed E-state index contributed by atoms with van der Waals surface area (Å²) in [6, 6.07) is 7.35. The Kier molecular flexibility index (Phi) is 3.33. The largest absolute Gasteiger partial charge is 0.319 e. The number of hydrogen-bond acceptors (Lipinski definition) is 2. The number of rotatable bonds is 2. The maximum absolute atomic E-state index is 12.2. The van der Waals surface area contributed by atoms with Crippen LogP contribution >= 0.6 is 18.7 Å². The number of amides is 1. The first-order valence-corrected chi connectivity index (χ1v) is 8.52. The standard InChI is InChI=1S/C12H15ClNO2P/c1-17(2,16)11-6-4-3-5-10(11)14-8-9(13)7-12(14)15/h3-6,9H,7-8H2,1-2H3. The Morgan fingerprint density at radius 2 is 2.00 bits per heavy atom. The zero-order chi connectivity index (χ0) is 12.6. The van der Waals surface area contributed by atoms with Gasteiger partial charge in [0.05, 0.1) is 11.1 Å². The van der Waals surface area contributed by atoms with E-state index in [4.69, 9.17) is 11.6 Å². The van der Waals surface area contributed by atoms with Gasteiger partial charge in [0, 0.05) is 18.3 Å². The Balaban J connectivity index is 2.46. The number of carbonyl (C=O) groups is 1. The van der Waals surface area contributed by atoms with E-state index in [-0.39, 0.29) is 11.3 Å². The van der Waals surface area contributed by atoms with Gasteiger partial charge in [0.1, 0.15) is 7.14 Å². The number of para-hydroxylation sites is 1. The van der Waals surface area contributed by atoms with Crippen LogP contribution < -0.4 is 10.2 Å². The Hall–Kier alpha value is -0.790. The van der Waals surface area contributed by atoms with E-state index in [1.54, 1.807) is 18.2 Å². The van der Waals surface area contributed by atoms with Crippen molar-refractivity contribution in [2.75, 3.05) is 24.8 Å². The summed E-state index contributed by atoms with van der Waals surface area (Å²) < 4.78 is 12.2. The summed E-state index contributed by atoms with van der Waals surface area (Å²) in [5, 5.41) is 0.600. The molecule has 1 unspecified atom stereocenters. The van der Waals surface area contributed by atoms with Crippen molar-refractivity contribution in [3.05, 3.63) is 24.3 Å². The van der Waals surface area contributed by atoms with E-state index in [1.165, 1.54) is 0 Å². The van der Waals surface area contributed by atoms with Crippen LogP contribution in [0.5, 0.6) is 0 Å². The van der Waals surface area contributed by atoms with Gasteiger partial charge in [0.15, 0.2) is 0 Å². The molecular weight excluding hydrogens is 257 g/mol. The van der Waals surface area contributed by atoms with Crippen molar-refractivity contribution < 1.29 is 9.36 Å². The zero-order valence-electron chi connectivity index (χ0n) is 9.89. The van der Waals surface area contributed by atoms with Crippen LogP contribution in [0.2, 0.25) is 0 Å². The number of carbonyl (C=O) groups excluding carboxylic acids is 1. The Labute approximate surface area is 106 Å². The second kappa shape index (κ2) is 4.47. The maximum atomic E-state index is 12.2. The Bertz CT molecular complexity index is 497. The topological polar surface area (TPSA) is 37.4 Å². The summed E-state index contributed by atoms with van der Waals surface area (Å²) in [6.45, 7) is 3.92. The second-order valence-electron chi connectivity index (χ2n) is 4.65. The normalized spacial score (nSPS) is 21.0. The van der Waals surface area contributed by atoms with E-state index in [2.05, 4.69) is 0 Å². The summed E-state index contributed by atoms with van der Waals surface area (Å²) in [5.74, 6) is 0.00546. The third kappa shape index (κ3) is 2.56. The molecule has 0 radical (unpaired) electrons. The minimum absolute atomic E-state index is 0.00546. The molecule has 0 aromatic heterocycles. The molecule has 0 spiro atoms. The van der Waals surface area contributed by atoms with Crippen molar-refractivity contribution in [2.24, 2.45) is 0 Å². The fourth-order valence-corrected chi connectivity index (χ4v) is 3.51. The predicted octanol–water partition coefficient (Wildman–Crippen LogP) is 2.28. The van der Waals surface area contributed by atoms with Crippen LogP contribution in [-0.4, -0.2) is 31.2 Å². The molecule has 1 atom stereocenters. The van der Waals surface area contributed by atoms with Gasteiger partial charge in [-0.15, -0.1) is 11.6 Å². The van der Waals surface area contributed by atoms with Gasteiger partial charge in [0.2, 0.25) is 5.91 Å². The minimum Gasteiger partial charge on any atom is -0.319 e. The lowest BCUT2D eigenvalue weighted by molar-refractivity contribution is -0.117. The smallest absolute Gasteiger partial charge is 0.228 e. The van der Waals surface area contributed by atoms with Crippen LogP contribution in [-0.2, 0) is 9.36 Å². The molecular formula is C12H15ClNO2P. The third-order valence-corrected chi connectivity index (χ3v) is 4.66. The molecule has 5 heteroatoms. The molecule has 3 nitrogen and oxygen atoms in total. The van der Waals surface area contributed by atoms with Gasteiger partial charge in [-0.05, 0) is 25.5 Å². The van der Waals surface area contributed by atoms with Gasteiger partial charge in [-0.3, -0.25) is 4.79 Å². The van der Waals surface area contributed by atoms with Crippen molar-refractivity contribution in [2.45, 2.75) is 11.8 Å². The summed E-state index contributed by atoms with van der Waals surface area (Å²) in [7, 11) is -2.39. The summed E-state index contributed by atoms with van der Waals surface area (Å²) in [4.78, 5) is 13.5. The Morgan fingerprint density at radius 3 is 2.53 bits per heavy atom. The number of nitrogens with zero attached hydrogens (tertiary/aromatic N) is 1. The molecule has 92 valence electrons. The molecule has 1 aliphatic rings. The lowest BCUT2D eigenvalue weighted by atomic mass is 10.3. The Morgan fingerprint density at radius 1 is 1.35 bits per heavy atom. The molecule has 1 amide bonds. The molecule has 1 aromatic rings. The fourth-order valence-electron chi connectivity index (χ4n) is 2.04. The van der Waals surface area contributed by atoms with Gasteiger partial charge in [-0.2, -0.15) is 0 Å². The second-order valence-corrected chi connectivity index (χ2v) is 8.45. The number of benzene rings is 1. The van der Waals surface area contributed by atoms with E-state index >= 15 is 0 Å². The summed E-state index contributed by atoms with van der Waals surface area (Å²) in [6.07, 6.45) is 0.355. The molecule has 0 saturated carbocycles. The van der Waals surface area contributed by atoms with Crippen LogP contribution in [0.4, 0.5) is 5.69 Å². The highest BCUT2D eigenvalue weighted by atomic mass is 35.5. The molecule has 0 aliphatic carbocycles. The van der Waals surface area contributed by atoms with Crippen molar-refractivity contribution in [3.8, 4) is 0 Å². The molecule has 1 saturated heterocycles. The lowest BCUT2D eigenvalue weighted by Crippen LogP contribution is -2.29. The van der Waals surface area contributed by atoms with Gasteiger partial charge in [0.25, 0.3) is 0 Å². The van der Waals surface area contributed by atoms with Crippen molar-refractivity contribution in [1.82, 2.24) is 0 Å². The highest BCUT2D eigenvalue weighted by molar-refractivity contribution is 7.70. The van der Waals surface area contributed by atoms with E-state index in [0.29, 0.717) is 13.0 Å². The number of anilines is 1. The van der Waals surface area contributed by atoms with Crippen LogP contribution in [0.15, 0.2) is 24.3 Å². The van der Waals surface area contributed by atoms with E-state index < -0.39 is 7.14 Å². The van der Waals surface area contributed by atoms with E-state index in [1.807, 2.05) is 24.3 Å². The van der Waals surface area contributed by atoms with Crippen LogP contribution in [0.1, 0.15) is 6.42 Å². The van der Waals surface area contributed by atoms with Gasteiger partial charge in [-0.25, -0.2) is 0 Å². The molecule has 1 heterocycles. The first kappa shape index (κ1) is 12.7. The van der Waals surface area contributed by atoms with Crippen molar-refractivity contribution in [3.63, 3.8) is 0 Å². The lowest BCUT2D eigenvalue weighted by Gasteiger charge is -2.21. The summed E-state index contributed by atoms with van der Waals surface area (Å²) >= 11 is 5.99. The molecule has 1 fully saturated rings. The minimum atomic E-state index is -2.39. The summed E-state index contributed by atoms with van der Waals surface area (Å²) in [5.41, 5.74) is 0.744. The SMILES string of the molecule is CP(C)(=O)c1ccccc1N1CC(Cl)CC1=O. The number of hydrogen-bond donors (Lipinski definition) is 0. The van der Waals surface area contributed by atoms with Gasteiger partial charge >= 0.3 is 0 Å². The van der Waals surface area contributed by atoms with Crippen molar-refractivity contribution >= 4 is 35.6 Å². The van der Waals surface area contributed by atoms with Crippen LogP contribution in [0.3, 0.4) is 0 Å². The molecule has 0 N–H and O–H groups in total. The van der Waals surface area contributed by atoms with Gasteiger partial charge in [-0.1, -0.05) is 12.1 Å². The predicted molar refractivity (Wildman–Crippen MR) is 72.1 cm³/mol. The fraction of sp³-hybridized carbons (Fsp3) is 0.417. The third-order valence-electron chi connectivity index (χ3n) is 2.83. The highest BCUT2D eigenvalue weighted by Crippen LogP contribution is 2.39. The number of halogens is 1. The monoisotopic (exact) mass is 271 g/mol. The van der Waals surface area contributed by atoms with E-state index in [0.717, 1.165) is 11.0 Å². The highest BCUT2D eigenvalue weighted by Gasteiger charge is 2.31. The zero-order valence-corrected chi connectivity index (χ0v) is 11.5. The van der Waals surface area contributed by atoms with Crippen molar-refractivity contribution in [1.29, 1.82) is 0 Å². The first-order chi connectivity index (χ1) is 7.89. The first-order valence-electron chi connectivity index (χ1n) is 5.48. The van der Waals surface area contributed by atoms with Gasteiger partial charge < -0.3 is 9.46 Å². The molecule has 2 rings (SSSR count). The number of alkyl halides is 1. The average molecular weight is 272 g/mol.